The highest BCUT2D eigenvalue weighted by Crippen LogP contribution is 2.30. The van der Waals surface area contributed by atoms with Crippen molar-refractivity contribution in [2.24, 2.45) is 0 Å². The van der Waals surface area contributed by atoms with E-state index in [9.17, 15) is 26.4 Å². The number of amides is 1. The number of carbonyl (C=O) groups is 1. The first kappa shape index (κ1) is 26.7. The second kappa shape index (κ2) is 10.7. The number of alkyl halides is 3. The lowest BCUT2D eigenvalue weighted by atomic mass is 10.2. The number of furan rings is 1. The van der Waals surface area contributed by atoms with Gasteiger partial charge >= 0.3 is 6.18 Å². The number of benzene rings is 2. The average Bonchev–Trinajstić information content (AvgIpc) is 3.59. The number of rotatable bonds is 8. The molecule has 1 unspecified atom stereocenters. The molecule has 39 heavy (non-hydrogen) atoms. The molecule has 5 rings (SSSR count). The molecule has 0 radical (unpaired) electrons. The number of ether oxygens (including phenoxy) is 1. The average molecular weight is 560 g/mol. The van der Waals surface area contributed by atoms with E-state index in [2.05, 4.69) is 10.3 Å². The molecular weight excluding hydrogens is 535 g/mol. The zero-order valence-electron chi connectivity index (χ0n) is 20.5. The van der Waals surface area contributed by atoms with Crippen molar-refractivity contribution < 1.29 is 35.5 Å². The molecule has 1 aliphatic heterocycles. The number of aromatic nitrogens is 1. The highest BCUT2D eigenvalue weighted by Gasteiger charge is 2.41. The number of fused-ring (bicyclic) bond motifs is 1. The maximum atomic E-state index is 13.3. The summed E-state index contributed by atoms with van der Waals surface area (Å²) < 4.78 is 77.6. The van der Waals surface area contributed by atoms with Gasteiger partial charge in [0.05, 0.1) is 0 Å². The van der Waals surface area contributed by atoms with E-state index < -0.39 is 33.8 Å². The zero-order chi connectivity index (χ0) is 27.6. The quantitative estimate of drug-likeness (QED) is 0.330. The lowest BCUT2D eigenvalue weighted by Crippen LogP contribution is -2.45. The van der Waals surface area contributed by atoms with Crippen LogP contribution in [0, 0.1) is 0 Å². The summed E-state index contributed by atoms with van der Waals surface area (Å²) in [6.45, 7) is 0.211. The van der Waals surface area contributed by atoms with Gasteiger partial charge in [-0.25, -0.2) is 8.42 Å². The normalized spacial score (nSPS) is 16.4. The molecule has 2 aromatic carbocycles. The smallest absolute Gasteiger partial charge is 0.433 e. The van der Waals surface area contributed by atoms with Gasteiger partial charge in [0.25, 0.3) is 10.0 Å². The van der Waals surface area contributed by atoms with E-state index in [4.69, 9.17) is 9.15 Å². The number of nitrogens with zero attached hydrogens (tertiary/aromatic N) is 2. The van der Waals surface area contributed by atoms with Crippen LogP contribution in [-0.2, 0) is 34.1 Å². The van der Waals surface area contributed by atoms with Gasteiger partial charge in [0.2, 0.25) is 11.0 Å². The van der Waals surface area contributed by atoms with Gasteiger partial charge in [-0.1, -0.05) is 30.3 Å². The highest BCUT2D eigenvalue weighted by molar-refractivity contribution is 7.89. The molecule has 1 saturated heterocycles. The first-order chi connectivity index (χ1) is 18.6. The van der Waals surface area contributed by atoms with Gasteiger partial charge in [0.1, 0.15) is 29.7 Å². The maximum absolute atomic E-state index is 13.3. The molecule has 8 nitrogen and oxygen atoms in total. The predicted octanol–water partition coefficient (Wildman–Crippen LogP) is 4.90. The number of hydrogen-bond donors (Lipinski definition) is 1. The molecule has 0 spiro atoms. The molecule has 1 atom stereocenters. The Bertz CT molecular complexity index is 1570. The molecule has 12 heteroatoms. The standard InChI is InChI=1S/C27H24F3N3O5S/c28-27(29,30)24-14-19(10-11-31-24)17-37-21-7-3-5-18(13-21)16-32-26(34)22-8-4-12-33(22)39(35,36)25-15-20-6-1-2-9-23(20)38-25/h1-3,5-7,9-11,13-15,22H,4,8,12,16-17H2,(H,32,34). The van der Waals surface area contributed by atoms with E-state index in [1.807, 2.05) is 0 Å². The Balaban J connectivity index is 1.21. The number of sulfonamides is 1. The molecule has 1 aliphatic rings. The van der Waals surface area contributed by atoms with Crippen LogP contribution in [0.25, 0.3) is 11.0 Å². The molecule has 0 saturated carbocycles. The Morgan fingerprint density at radius 3 is 2.69 bits per heavy atom. The molecule has 4 aromatic rings. The highest BCUT2D eigenvalue weighted by atomic mass is 32.2. The van der Waals surface area contributed by atoms with Crippen LogP contribution >= 0.6 is 0 Å². The molecular formula is C27H24F3N3O5S. The number of hydrogen-bond acceptors (Lipinski definition) is 6. The fraction of sp³-hybridized carbons (Fsp3) is 0.259. The summed E-state index contributed by atoms with van der Waals surface area (Å²) in [6, 6.07) is 16.6. The van der Waals surface area contributed by atoms with Crippen molar-refractivity contribution in [3.05, 3.63) is 89.7 Å². The van der Waals surface area contributed by atoms with Gasteiger partial charge in [-0.2, -0.15) is 17.5 Å². The molecule has 1 amide bonds. The molecule has 1 N–H and O–H groups in total. The van der Waals surface area contributed by atoms with Crippen LogP contribution in [0.1, 0.15) is 29.7 Å². The van der Waals surface area contributed by atoms with E-state index >= 15 is 0 Å². The minimum Gasteiger partial charge on any atom is -0.489 e. The summed E-state index contributed by atoms with van der Waals surface area (Å²) in [4.78, 5) is 16.3. The Kier molecular flexibility index (Phi) is 7.32. The summed E-state index contributed by atoms with van der Waals surface area (Å²) >= 11 is 0. The van der Waals surface area contributed by atoms with Crippen LogP contribution in [0.4, 0.5) is 13.2 Å². The third-order valence-electron chi connectivity index (χ3n) is 6.36. The van der Waals surface area contributed by atoms with Gasteiger partial charge in [0, 0.05) is 30.7 Å². The summed E-state index contributed by atoms with van der Waals surface area (Å²) in [7, 11) is -4.02. The molecule has 0 aliphatic carbocycles. The number of halogens is 3. The van der Waals surface area contributed by atoms with Crippen LogP contribution in [0.5, 0.6) is 5.75 Å². The minimum atomic E-state index is -4.55. The zero-order valence-corrected chi connectivity index (χ0v) is 21.3. The van der Waals surface area contributed by atoms with E-state index in [0.29, 0.717) is 40.7 Å². The molecule has 3 heterocycles. The summed E-state index contributed by atoms with van der Waals surface area (Å²) in [5, 5.41) is 3.23. The van der Waals surface area contributed by atoms with Crippen molar-refractivity contribution in [2.45, 2.75) is 43.3 Å². The maximum Gasteiger partial charge on any atom is 0.433 e. The number of para-hydroxylation sites is 1. The minimum absolute atomic E-state index is 0.0991. The third kappa shape index (κ3) is 5.91. The van der Waals surface area contributed by atoms with E-state index in [0.717, 1.165) is 12.3 Å². The summed E-state index contributed by atoms with van der Waals surface area (Å²) in [6.07, 6.45) is -2.56. The van der Waals surface area contributed by atoms with Crippen molar-refractivity contribution in [3.63, 3.8) is 0 Å². The Labute approximate surface area is 222 Å². The monoisotopic (exact) mass is 559 g/mol. The SMILES string of the molecule is O=C(NCc1cccc(OCc2ccnc(C(F)(F)F)c2)c1)C1CCCN1S(=O)(=O)c1cc2ccccc2o1. The predicted molar refractivity (Wildman–Crippen MR) is 135 cm³/mol. The molecule has 2 aromatic heterocycles. The summed E-state index contributed by atoms with van der Waals surface area (Å²) in [5.74, 6) is -0.0305. The lowest BCUT2D eigenvalue weighted by Gasteiger charge is -2.22. The first-order valence-electron chi connectivity index (χ1n) is 12.1. The van der Waals surface area contributed by atoms with Crippen molar-refractivity contribution in [3.8, 4) is 5.75 Å². The second-order valence-corrected chi connectivity index (χ2v) is 10.9. The Morgan fingerprint density at radius 1 is 1.08 bits per heavy atom. The van der Waals surface area contributed by atoms with Crippen LogP contribution in [0.15, 0.2) is 82.4 Å². The van der Waals surface area contributed by atoms with Crippen LogP contribution in [0.3, 0.4) is 0 Å². The van der Waals surface area contributed by atoms with Crippen molar-refractivity contribution in [2.75, 3.05) is 6.54 Å². The number of carbonyl (C=O) groups excluding carboxylic acids is 1. The van der Waals surface area contributed by atoms with Gasteiger partial charge in [0.15, 0.2) is 0 Å². The Morgan fingerprint density at radius 2 is 1.90 bits per heavy atom. The largest absolute Gasteiger partial charge is 0.489 e. The van der Waals surface area contributed by atoms with E-state index in [1.54, 1.807) is 48.5 Å². The second-order valence-electron chi connectivity index (χ2n) is 9.08. The van der Waals surface area contributed by atoms with Gasteiger partial charge in [-0.05, 0) is 54.3 Å². The van der Waals surface area contributed by atoms with E-state index in [1.165, 1.54) is 16.4 Å². The Hall–Kier alpha value is -3.90. The van der Waals surface area contributed by atoms with Crippen molar-refractivity contribution >= 4 is 26.9 Å². The fourth-order valence-corrected chi connectivity index (χ4v) is 6.04. The lowest BCUT2D eigenvalue weighted by molar-refractivity contribution is -0.141. The van der Waals surface area contributed by atoms with Gasteiger partial charge in [-0.15, -0.1) is 0 Å². The van der Waals surface area contributed by atoms with Crippen LogP contribution < -0.4 is 10.1 Å². The topological polar surface area (TPSA) is 102 Å². The molecule has 204 valence electrons. The fourth-order valence-electron chi connectivity index (χ4n) is 4.43. The first-order valence-corrected chi connectivity index (χ1v) is 13.6. The van der Waals surface area contributed by atoms with Gasteiger partial charge in [-0.3, -0.25) is 9.78 Å². The van der Waals surface area contributed by atoms with Crippen molar-refractivity contribution in [1.29, 1.82) is 0 Å². The van der Waals surface area contributed by atoms with Gasteiger partial charge < -0.3 is 14.5 Å². The molecule has 0 bridgehead atoms. The number of pyridine rings is 1. The van der Waals surface area contributed by atoms with Crippen molar-refractivity contribution in [1.82, 2.24) is 14.6 Å². The number of nitrogens with one attached hydrogen (secondary N) is 1. The van der Waals surface area contributed by atoms with Crippen LogP contribution in [0.2, 0.25) is 0 Å². The van der Waals surface area contributed by atoms with E-state index in [-0.39, 0.29) is 24.8 Å². The molecule has 1 fully saturated rings. The van der Waals surface area contributed by atoms with Crippen LogP contribution in [-0.4, -0.2) is 36.2 Å². The third-order valence-corrected chi connectivity index (χ3v) is 8.12. The summed E-state index contributed by atoms with van der Waals surface area (Å²) in [5.41, 5.74) is 0.436.